The fraction of sp³-hybridized carbons (Fsp3) is 0.538. The van der Waals surface area contributed by atoms with E-state index in [1.54, 1.807) is 0 Å². The first-order valence-corrected chi connectivity index (χ1v) is 6.42. The van der Waals surface area contributed by atoms with Gasteiger partial charge in [-0.1, -0.05) is 18.3 Å². The molecule has 0 aromatic carbocycles. The van der Waals surface area contributed by atoms with Crippen molar-refractivity contribution >= 4 is 17.2 Å². The lowest BCUT2D eigenvalue weighted by molar-refractivity contribution is 0.230. The molecular weight excluding hydrogens is 230 g/mol. The van der Waals surface area contributed by atoms with Crippen molar-refractivity contribution in [3.8, 4) is 0 Å². The Morgan fingerprint density at radius 1 is 1.41 bits per heavy atom. The molecule has 3 nitrogen and oxygen atoms in total. The summed E-state index contributed by atoms with van der Waals surface area (Å²) < 4.78 is 0. The number of nitrogens with two attached hydrogens (primary N) is 1. The minimum atomic E-state index is 0.507. The van der Waals surface area contributed by atoms with Crippen LogP contribution in [0.5, 0.6) is 0 Å². The number of aromatic nitrogens is 1. The fourth-order valence-electron chi connectivity index (χ4n) is 1.69. The van der Waals surface area contributed by atoms with E-state index in [0.29, 0.717) is 11.0 Å². The molecule has 1 rings (SSSR count). The van der Waals surface area contributed by atoms with Crippen LogP contribution < -0.4 is 5.73 Å². The minimum absolute atomic E-state index is 0.507. The zero-order valence-electron chi connectivity index (χ0n) is 10.6. The van der Waals surface area contributed by atoms with E-state index in [1.165, 1.54) is 0 Å². The highest BCUT2D eigenvalue weighted by Crippen LogP contribution is 2.03. The molecule has 0 saturated carbocycles. The maximum Gasteiger partial charge on any atom is 0.0740 e. The van der Waals surface area contributed by atoms with Crippen molar-refractivity contribution in [1.29, 1.82) is 0 Å². The van der Waals surface area contributed by atoms with Crippen LogP contribution in [-0.4, -0.2) is 34.0 Å². The van der Waals surface area contributed by atoms with Gasteiger partial charge in [0, 0.05) is 43.9 Å². The average molecular weight is 251 g/mol. The Kier molecular flexibility index (Phi) is 6.08. The molecule has 94 valence electrons. The molecule has 17 heavy (non-hydrogen) atoms. The molecular formula is C13H21N3S. The standard InChI is InChI=1S/C13H21N3S/c1-11(2)16(10-7-13(14)17)9-6-12-5-3-4-8-15-12/h3-5,8,11H,6-7,9-10H2,1-2H3,(H2,14,17). The van der Waals surface area contributed by atoms with Gasteiger partial charge in [0.1, 0.15) is 0 Å². The summed E-state index contributed by atoms with van der Waals surface area (Å²) in [5, 5.41) is 0. The third kappa shape index (κ3) is 5.75. The third-order valence-electron chi connectivity index (χ3n) is 2.76. The van der Waals surface area contributed by atoms with Crippen molar-refractivity contribution in [2.45, 2.75) is 32.7 Å². The van der Waals surface area contributed by atoms with Crippen LogP contribution in [0.4, 0.5) is 0 Å². The van der Waals surface area contributed by atoms with E-state index in [4.69, 9.17) is 18.0 Å². The van der Waals surface area contributed by atoms with Gasteiger partial charge in [-0.3, -0.25) is 4.98 Å². The van der Waals surface area contributed by atoms with Crippen LogP contribution in [0.2, 0.25) is 0 Å². The van der Waals surface area contributed by atoms with Gasteiger partial charge in [0.25, 0.3) is 0 Å². The molecule has 1 aromatic heterocycles. The first-order valence-electron chi connectivity index (χ1n) is 6.02. The third-order valence-corrected chi connectivity index (χ3v) is 2.96. The van der Waals surface area contributed by atoms with E-state index in [9.17, 15) is 0 Å². The van der Waals surface area contributed by atoms with Crippen molar-refractivity contribution in [3.05, 3.63) is 30.1 Å². The molecule has 0 radical (unpaired) electrons. The van der Waals surface area contributed by atoms with Gasteiger partial charge in [-0.25, -0.2) is 0 Å². The summed E-state index contributed by atoms with van der Waals surface area (Å²) in [4.78, 5) is 7.30. The highest BCUT2D eigenvalue weighted by Gasteiger charge is 2.09. The zero-order valence-corrected chi connectivity index (χ0v) is 11.4. The normalized spacial score (nSPS) is 11.1. The summed E-state index contributed by atoms with van der Waals surface area (Å²) in [5.74, 6) is 0. The summed E-state index contributed by atoms with van der Waals surface area (Å²) in [6.45, 7) is 6.31. The van der Waals surface area contributed by atoms with Gasteiger partial charge < -0.3 is 10.6 Å². The lowest BCUT2D eigenvalue weighted by Gasteiger charge is -2.26. The predicted molar refractivity (Wildman–Crippen MR) is 76.1 cm³/mol. The van der Waals surface area contributed by atoms with Gasteiger partial charge in [-0.2, -0.15) is 0 Å². The second kappa shape index (κ2) is 7.35. The van der Waals surface area contributed by atoms with E-state index < -0.39 is 0 Å². The maximum absolute atomic E-state index is 5.54. The molecule has 0 fully saturated rings. The van der Waals surface area contributed by atoms with E-state index in [0.717, 1.165) is 31.6 Å². The second-order valence-electron chi connectivity index (χ2n) is 4.42. The molecule has 0 atom stereocenters. The van der Waals surface area contributed by atoms with Crippen LogP contribution in [-0.2, 0) is 6.42 Å². The molecule has 2 N–H and O–H groups in total. The molecule has 0 saturated heterocycles. The molecule has 1 aromatic rings. The smallest absolute Gasteiger partial charge is 0.0740 e. The first kappa shape index (κ1) is 14.1. The summed E-state index contributed by atoms with van der Waals surface area (Å²) in [5.41, 5.74) is 6.67. The number of thiocarbonyl (C=S) groups is 1. The molecule has 4 heteroatoms. The van der Waals surface area contributed by atoms with Crippen LogP contribution in [0.3, 0.4) is 0 Å². The minimum Gasteiger partial charge on any atom is -0.393 e. The Bertz CT molecular complexity index is 338. The van der Waals surface area contributed by atoms with E-state index in [-0.39, 0.29) is 0 Å². The van der Waals surface area contributed by atoms with Crippen LogP contribution in [0, 0.1) is 0 Å². The van der Waals surface area contributed by atoms with Gasteiger partial charge in [0.05, 0.1) is 4.99 Å². The Morgan fingerprint density at radius 2 is 2.18 bits per heavy atom. The van der Waals surface area contributed by atoms with Crippen LogP contribution in [0.1, 0.15) is 26.0 Å². The molecule has 0 unspecified atom stereocenters. The van der Waals surface area contributed by atoms with Crippen molar-refractivity contribution in [2.24, 2.45) is 5.73 Å². The van der Waals surface area contributed by atoms with Gasteiger partial charge in [0.15, 0.2) is 0 Å². The predicted octanol–water partition coefficient (Wildman–Crippen LogP) is 2.01. The number of nitrogens with zero attached hydrogens (tertiary/aromatic N) is 2. The highest BCUT2D eigenvalue weighted by molar-refractivity contribution is 7.80. The summed E-state index contributed by atoms with van der Waals surface area (Å²) in [6, 6.07) is 6.53. The highest BCUT2D eigenvalue weighted by atomic mass is 32.1. The van der Waals surface area contributed by atoms with Crippen LogP contribution >= 0.6 is 12.2 Å². The Hall–Kier alpha value is -1.00. The van der Waals surface area contributed by atoms with Gasteiger partial charge in [0.2, 0.25) is 0 Å². The largest absolute Gasteiger partial charge is 0.393 e. The van der Waals surface area contributed by atoms with Gasteiger partial charge >= 0.3 is 0 Å². The number of rotatable bonds is 7. The summed E-state index contributed by atoms with van der Waals surface area (Å²) in [6.07, 6.45) is 3.59. The molecule has 0 aliphatic heterocycles. The summed E-state index contributed by atoms with van der Waals surface area (Å²) in [7, 11) is 0. The number of pyridine rings is 1. The molecule has 0 amide bonds. The Labute approximate surface area is 109 Å². The molecule has 1 heterocycles. The molecule has 0 spiro atoms. The summed E-state index contributed by atoms with van der Waals surface area (Å²) >= 11 is 4.92. The van der Waals surface area contributed by atoms with Gasteiger partial charge in [-0.15, -0.1) is 0 Å². The average Bonchev–Trinajstić information content (AvgIpc) is 2.29. The lowest BCUT2D eigenvalue weighted by atomic mass is 10.2. The molecule has 0 bridgehead atoms. The van der Waals surface area contributed by atoms with Gasteiger partial charge in [-0.05, 0) is 26.0 Å². The van der Waals surface area contributed by atoms with Crippen molar-refractivity contribution in [2.75, 3.05) is 13.1 Å². The SMILES string of the molecule is CC(C)N(CCC(N)=S)CCc1ccccn1. The van der Waals surface area contributed by atoms with Crippen LogP contribution in [0.25, 0.3) is 0 Å². The quantitative estimate of drug-likeness (QED) is 0.753. The second-order valence-corrected chi connectivity index (χ2v) is 4.94. The molecule has 0 aliphatic carbocycles. The Balaban J connectivity index is 2.42. The van der Waals surface area contributed by atoms with E-state index in [1.807, 2.05) is 18.3 Å². The Morgan fingerprint density at radius 3 is 2.71 bits per heavy atom. The first-order chi connectivity index (χ1) is 8.09. The van der Waals surface area contributed by atoms with Crippen molar-refractivity contribution in [1.82, 2.24) is 9.88 Å². The molecule has 0 aliphatic rings. The maximum atomic E-state index is 5.54. The number of hydrogen-bond donors (Lipinski definition) is 1. The lowest BCUT2D eigenvalue weighted by Crippen LogP contribution is -2.35. The van der Waals surface area contributed by atoms with E-state index in [2.05, 4.69) is 29.8 Å². The van der Waals surface area contributed by atoms with E-state index >= 15 is 0 Å². The monoisotopic (exact) mass is 251 g/mol. The topological polar surface area (TPSA) is 42.1 Å². The van der Waals surface area contributed by atoms with Crippen LogP contribution in [0.15, 0.2) is 24.4 Å². The zero-order chi connectivity index (χ0) is 12.7. The fourth-order valence-corrected chi connectivity index (χ4v) is 1.78. The van der Waals surface area contributed by atoms with Crippen molar-refractivity contribution < 1.29 is 0 Å². The number of hydrogen-bond acceptors (Lipinski definition) is 3. The van der Waals surface area contributed by atoms with Crippen molar-refractivity contribution in [3.63, 3.8) is 0 Å².